The van der Waals surface area contributed by atoms with Crippen LogP contribution in [0.1, 0.15) is 45.5 Å². The lowest BCUT2D eigenvalue weighted by Crippen LogP contribution is -2.05. The number of carboxylic acids is 1. The predicted molar refractivity (Wildman–Crippen MR) is 89.9 cm³/mol. The molecule has 0 spiro atoms. The SMILES string of the molecule is COc1cc(C(=O)CCCCc2ccccc2)cc(C(=O)O)c1O. The first-order valence-electron chi connectivity index (χ1n) is 7.74. The van der Waals surface area contributed by atoms with Gasteiger partial charge in [-0.05, 0) is 37.0 Å². The van der Waals surface area contributed by atoms with E-state index < -0.39 is 11.7 Å². The fourth-order valence-corrected chi connectivity index (χ4v) is 2.49. The second kappa shape index (κ2) is 8.15. The van der Waals surface area contributed by atoms with E-state index in [9.17, 15) is 14.7 Å². The van der Waals surface area contributed by atoms with Crippen LogP contribution in [0.3, 0.4) is 0 Å². The molecule has 0 amide bonds. The molecule has 126 valence electrons. The number of hydrogen-bond donors (Lipinski definition) is 2. The Hall–Kier alpha value is -2.82. The molecule has 0 aliphatic carbocycles. The summed E-state index contributed by atoms with van der Waals surface area (Å²) in [6, 6.07) is 12.6. The van der Waals surface area contributed by atoms with Crippen LogP contribution in [0.25, 0.3) is 0 Å². The molecule has 0 saturated heterocycles. The lowest BCUT2D eigenvalue weighted by atomic mass is 10.00. The summed E-state index contributed by atoms with van der Waals surface area (Å²) in [5.74, 6) is -1.94. The minimum atomic E-state index is -1.30. The van der Waals surface area contributed by atoms with Gasteiger partial charge in [-0.1, -0.05) is 30.3 Å². The molecule has 0 saturated carbocycles. The molecule has 2 N–H and O–H groups in total. The summed E-state index contributed by atoms with van der Waals surface area (Å²) in [7, 11) is 1.31. The first kappa shape index (κ1) is 17.5. The summed E-state index contributed by atoms with van der Waals surface area (Å²) in [4.78, 5) is 23.4. The highest BCUT2D eigenvalue weighted by molar-refractivity contribution is 6.01. The monoisotopic (exact) mass is 328 g/mol. The minimum absolute atomic E-state index is 0.0115. The molecule has 2 aromatic rings. The maximum atomic E-state index is 12.3. The normalized spacial score (nSPS) is 10.4. The lowest BCUT2D eigenvalue weighted by Gasteiger charge is -2.09. The van der Waals surface area contributed by atoms with Gasteiger partial charge >= 0.3 is 5.97 Å². The summed E-state index contributed by atoms with van der Waals surface area (Å²) in [5.41, 5.74) is 1.13. The molecule has 0 atom stereocenters. The summed E-state index contributed by atoms with van der Waals surface area (Å²) >= 11 is 0. The number of benzene rings is 2. The van der Waals surface area contributed by atoms with Crippen LogP contribution in [0.5, 0.6) is 11.5 Å². The van der Waals surface area contributed by atoms with E-state index in [1.54, 1.807) is 0 Å². The van der Waals surface area contributed by atoms with Crippen LogP contribution in [-0.2, 0) is 6.42 Å². The zero-order chi connectivity index (χ0) is 17.5. The second-order valence-electron chi connectivity index (χ2n) is 5.50. The van der Waals surface area contributed by atoms with Gasteiger partial charge in [-0.25, -0.2) is 4.79 Å². The van der Waals surface area contributed by atoms with Crippen molar-refractivity contribution in [3.8, 4) is 11.5 Å². The van der Waals surface area contributed by atoms with E-state index in [0.29, 0.717) is 12.8 Å². The van der Waals surface area contributed by atoms with Gasteiger partial charge in [-0.15, -0.1) is 0 Å². The maximum absolute atomic E-state index is 12.3. The molecule has 0 aliphatic heterocycles. The van der Waals surface area contributed by atoms with E-state index in [4.69, 9.17) is 9.84 Å². The molecule has 2 rings (SSSR count). The van der Waals surface area contributed by atoms with Gasteiger partial charge in [0, 0.05) is 12.0 Å². The zero-order valence-electron chi connectivity index (χ0n) is 13.5. The van der Waals surface area contributed by atoms with Crippen LogP contribution >= 0.6 is 0 Å². The van der Waals surface area contributed by atoms with E-state index in [1.807, 2.05) is 30.3 Å². The first-order valence-corrected chi connectivity index (χ1v) is 7.74. The number of aryl methyl sites for hydroxylation is 1. The Morgan fingerprint density at radius 2 is 1.79 bits per heavy atom. The van der Waals surface area contributed by atoms with E-state index in [-0.39, 0.29) is 22.7 Å². The Labute approximate surface area is 140 Å². The Morgan fingerprint density at radius 3 is 2.42 bits per heavy atom. The van der Waals surface area contributed by atoms with Crippen molar-refractivity contribution in [1.29, 1.82) is 0 Å². The predicted octanol–water partition coefficient (Wildman–Crippen LogP) is 3.69. The number of ether oxygens (including phenoxy) is 1. The number of carboxylic acid groups (broad SMARTS) is 1. The average Bonchev–Trinajstić information content (AvgIpc) is 2.59. The Bertz CT molecular complexity index is 722. The number of carbonyl (C=O) groups excluding carboxylic acids is 1. The van der Waals surface area contributed by atoms with E-state index in [2.05, 4.69) is 0 Å². The van der Waals surface area contributed by atoms with Gasteiger partial charge in [0.1, 0.15) is 5.56 Å². The van der Waals surface area contributed by atoms with Crippen LogP contribution in [-0.4, -0.2) is 29.1 Å². The van der Waals surface area contributed by atoms with Crippen molar-refractivity contribution in [3.63, 3.8) is 0 Å². The molecule has 0 unspecified atom stereocenters. The van der Waals surface area contributed by atoms with E-state index >= 15 is 0 Å². The lowest BCUT2D eigenvalue weighted by molar-refractivity contribution is 0.0693. The number of methoxy groups -OCH3 is 1. The van der Waals surface area contributed by atoms with Crippen molar-refractivity contribution in [2.75, 3.05) is 7.11 Å². The molecular weight excluding hydrogens is 308 g/mol. The Balaban J connectivity index is 1.99. The summed E-state index contributed by atoms with van der Waals surface area (Å²) < 4.78 is 4.94. The van der Waals surface area contributed by atoms with Gasteiger partial charge in [-0.3, -0.25) is 4.79 Å². The molecule has 0 aromatic heterocycles. The number of hydrogen-bond acceptors (Lipinski definition) is 4. The van der Waals surface area contributed by atoms with Gasteiger partial charge in [0.15, 0.2) is 17.3 Å². The fraction of sp³-hybridized carbons (Fsp3) is 0.263. The zero-order valence-corrected chi connectivity index (χ0v) is 13.5. The third kappa shape index (κ3) is 4.35. The third-order valence-corrected chi connectivity index (χ3v) is 3.81. The highest BCUT2D eigenvalue weighted by atomic mass is 16.5. The molecule has 0 aliphatic rings. The largest absolute Gasteiger partial charge is 0.504 e. The van der Waals surface area contributed by atoms with Crippen molar-refractivity contribution >= 4 is 11.8 Å². The van der Waals surface area contributed by atoms with Crippen molar-refractivity contribution in [2.24, 2.45) is 0 Å². The topological polar surface area (TPSA) is 83.8 Å². The summed E-state index contributed by atoms with van der Waals surface area (Å²) in [6.45, 7) is 0. The maximum Gasteiger partial charge on any atom is 0.339 e. The molecule has 0 fully saturated rings. The quantitative estimate of drug-likeness (QED) is 0.570. The van der Waals surface area contributed by atoms with Gasteiger partial charge in [-0.2, -0.15) is 0 Å². The van der Waals surface area contributed by atoms with Crippen LogP contribution in [0.15, 0.2) is 42.5 Å². The van der Waals surface area contributed by atoms with Crippen molar-refractivity contribution in [1.82, 2.24) is 0 Å². The van der Waals surface area contributed by atoms with E-state index in [0.717, 1.165) is 12.8 Å². The number of phenols is 1. The molecule has 24 heavy (non-hydrogen) atoms. The molecule has 2 aromatic carbocycles. The average molecular weight is 328 g/mol. The number of aromatic hydroxyl groups is 1. The number of aromatic carboxylic acids is 1. The number of rotatable bonds is 8. The van der Waals surface area contributed by atoms with Crippen LogP contribution < -0.4 is 4.74 Å². The Morgan fingerprint density at radius 1 is 1.08 bits per heavy atom. The molecule has 5 heteroatoms. The number of ketones is 1. The van der Waals surface area contributed by atoms with Gasteiger partial charge in [0.25, 0.3) is 0 Å². The summed E-state index contributed by atoms with van der Waals surface area (Å²) in [6.07, 6.45) is 2.79. The fourth-order valence-electron chi connectivity index (χ4n) is 2.49. The van der Waals surface area contributed by atoms with Crippen molar-refractivity contribution < 1.29 is 24.5 Å². The van der Waals surface area contributed by atoms with Crippen LogP contribution in [0, 0.1) is 0 Å². The van der Waals surface area contributed by atoms with E-state index in [1.165, 1.54) is 24.8 Å². The van der Waals surface area contributed by atoms with Gasteiger partial charge in [0.2, 0.25) is 0 Å². The third-order valence-electron chi connectivity index (χ3n) is 3.81. The smallest absolute Gasteiger partial charge is 0.339 e. The molecule has 0 heterocycles. The molecular formula is C19H20O5. The summed E-state index contributed by atoms with van der Waals surface area (Å²) in [5, 5.41) is 18.9. The van der Waals surface area contributed by atoms with Crippen molar-refractivity contribution in [2.45, 2.75) is 25.7 Å². The molecule has 0 radical (unpaired) electrons. The first-order chi connectivity index (χ1) is 11.5. The minimum Gasteiger partial charge on any atom is -0.504 e. The number of unbranched alkanes of at least 4 members (excludes halogenated alkanes) is 1. The van der Waals surface area contributed by atoms with Gasteiger partial charge < -0.3 is 14.9 Å². The highest BCUT2D eigenvalue weighted by Gasteiger charge is 2.19. The molecule has 0 bridgehead atoms. The highest BCUT2D eigenvalue weighted by Crippen LogP contribution is 2.32. The second-order valence-corrected chi connectivity index (χ2v) is 5.50. The van der Waals surface area contributed by atoms with Crippen LogP contribution in [0.4, 0.5) is 0 Å². The number of Topliss-reactive ketones (excluding diaryl/α,β-unsaturated/α-hetero) is 1. The van der Waals surface area contributed by atoms with Gasteiger partial charge in [0.05, 0.1) is 7.11 Å². The van der Waals surface area contributed by atoms with Crippen LogP contribution in [0.2, 0.25) is 0 Å². The van der Waals surface area contributed by atoms with Crippen molar-refractivity contribution in [3.05, 3.63) is 59.2 Å². The Kier molecular flexibility index (Phi) is 5.95. The standard InChI is InChI=1S/C19H20O5/c1-24-17-12-14(11-15(18(17)21)19(22)23)16(20)10-6-5-9-13-7-3-2-4-8-13/h2-4,7-8,11-12,21H,5-6,9-10H2,1H3,(H,22,23). The molecule has 5 nitrogen and oxygen atoms in total. The number of carbonyl (C=O) groups is 2.